The molecule has 0 saturated carbocycles. The second-order valence-electron chi connectivity index (χ2n) is 4.19. The lowest BCUT2D eigenvalue weighted by Crippen LogP contribution is -2.29. The van der Waals surface area contributed by atoms with E-state index in [2.05, 4.69) is 4.72 Å². The van der Waals surface area contributed by atoms with Crippen LogP contribution in [0.4, 0.5) is 4.39 Å². The lowest BCUT2D eigenvalue weighted by atomic mass is 10.3. The Labute approximate surface area is 126 Å². The van der Waals surface area contributed by atoms with Crippen LogP contribution in [-0.4, -0.2) is 45.4 Å². The second kappa shape index (κ2) is 6.95. The predicted octanol–water partition coefficient (Wildman–Crippen LogP) is 0.276. The zero-order valence-corrected chi connectivity index (χ0v) is 13.9. The maximum atomic E-state index is 13.6. The van der Waals surface area contributed by atoms with Gasteiger partial charge in [-0.1, -0.05) is 6.92 Å². The van der Waals surface area contributed by atoms with Crippen molar-refractivity contribution in [2.24, 2.45) is 0 Å². The van der Waals surface area contributed by atoms with Crippen molar-refractivity contribution >= 4 is 30.7 Å². The molecule has 0 heterocycles. The van der Waals surface area contributed by atoms with Gasteiger partial charge in [-0.25, -0.2) is 25.9 Å². The maximum Gasteiger partial charge on any atom is 0.243 e. The summed E-state index contributed by atoms with van der Waals surface area (Å²) in [5.74, 6) is -0.561. The summed E-state index contributed by atoms with van der Waals surface area (Å²) in [7, 11) is -9.01. The fourth-order valence-electron chi connectivity index (χ4n) is 1.43. The zero-order chi connectivity index (χ0) is 16.3. The molecule has 21 heavy (non-hydrogen) atoms. The standard InChI is InChI=1S/C11H16FNO5S3/c1-3-19(14)7-6-13-21(17,18)11-8-9(20(2,15)16)4-5-10(11)12/h4-5,8,13H,3,6-7H2,1-2H3. The molecule has 6 nitrogen and oxygen atoms in total. The van der Waals surface area contributed by atoms with Gasteiger partial charge in [0.05, 0.1) is 4.90 Å². The van der Waals surface area contributed by atoms with Crippen molar-refractivity contribution in [3.63, 3.8) is 0 Å². The van der Waals surface area contributed by atoms with Crippen molar-refractivity contribution < 1.29 is 25.4 Å². The van der Waals surface area contributed by atoms with E-state index >= 15 is 0 Å². The van der Waals surface area contributed by atoms with Crippen LogP contribution in [0.1, 0.15) is 6.92 Å². The number of nitrogens with one attached hydrogen (secondary N) is 1. The molecule has 0 aliphatic carbocycles. The van der Waals surface area contributed by atoms with Gasteiger partial charge in [0, 0.05) is 35.1 Å². The Bertz CT molecular complexity index is 743. The Morgan fingerprint density at radius 3 is 2.38 bits per heavy atom. The van der Waals surface area contributed by atoms with E-state index in [1.54, 1.807) is 6.92 Å². The summed E-state index contributed by atoms with van der Waals surface area (Å²) in [5.41, 5.74) is 0. The highest BCUT2D eigenvalue weighted by atomic mass is 32.2. The van der Waals surface area contributed by atoms with Gasteiger partial charge in [-0.15, -0.1) is 0 Å². The average molecular weight is 357 g/mol. The van der Waals surface area contributed by atoms with Gasteiger partial charge in [0.2, 0.25) is 10.0 Å². The van der Waals surface area contributed by atoms with E-state index < -0.39 is 41.4 Å². The molecule has 0 saturated heterocycles. The van der Waals surface area contributed by atoms with Gasteiger partial charge in [-0.3, -0.25) is 4.21 Å². The van der Waals surface area contributed by atoms with Crippen molar-refractivity contribution in [2.75, 3.05) is 24.3 Å². The van der Waals surface area contributed by atoms with Crippen LogP contribution in [-0.2, 0) is 30.7 Å². The quantitative estimate of drug-likeness (QED) is 0.707. The Kier molecular flexibility index (Phi) is 6.02. The topological polar surface area (TPSA) is 97.4 Å². The number of halogens is 1. The van der Waals surface area contributed by atoms with Gasteiger partial charge in [0.15, 0.2) is 9.84 Å². The fraction of sp³-hybridized carbons (Fsp3) is 0.455. The molecule has 0 fully saturated rings. The molecule has 1 rings (SSSR count). The predicted molar refractivity (Wildman–Crippen MR) is 78.2 cm³/mol. The molecule has 0 spiro atoms. The van der Waals surface area contributed by atoms with Gasteiger partial charge in [-0.2, -0.15) is 0 Å². The molecular formula is C11H16FNO5S3. The molecule has 1 aromatic rings. The van der Waals surface area contributed by atoms with Gasteiger partial charge >= 0.3 is 0 Å². The van der Waals surface area contributed by atoms with E-state index in [-0.39, 0.29) is 17.2 Å². The number of hydrogen-bond donors (Lipinski definition) is 1. The number of sulfonamides is 1. The Balaban J connectivity index is 3.05. The molecule has 0 radical (unpaired) electrons. The van der Waals surface area contributed by atoms with Crippen molar-refractivity contribution in [3.8, 4) is 0 Å². The van der Waals surface area contributed by atoms with Gasteiger partial charge in [0.1, 0.15) is 10.7 Å². The molecule has 1 atom stereocenters. The fourth-order valence-corrected chi connectivity index (χ4v) is 4.03. The van der Waals surface area contributed by atoms with Crippen molar-refractivity contribution in [1.82, 2.24) is 4.72 Å². The van der Waals surface area contributed by atoms with Crippen LogP contribution >= 0.6 is 0 Å². The molecule has 1 aromatic carbocycles. The van der Waals surface area contributed by atoms with Crippen LogP contribution in [0.3, 0.4) is 0 Å². The van der Waals surface area contributed by atoms with Crippen LogP contribution < -0.4 is 4.72 Å². The van der Waals surface area contributed by atoms with E-state index in [0.29, 0.717) is 5.75 Å². The summed E-state index contributed by atoms with van der Waals surface area (Å²) in [5, 5.41) is 0. The minimum atomic E-state index is -4.20. The van der Waals surface area contributed by atoms with Crippen LogP contribution in [0.2, 0.25) is 0 Å². The Hall–Kier alpha value is -0.840. The van der Waals surface area contributed by atoms with Crippen LogP contribution in [0.25, 0.3) is 0 Å². The van der Waals surface area contributed by atoms with Crippen LogP contribution in [0, 0.1) is 5.82 Å². The van der Waals surface area contributed by atoms with Crippen LogP contribution in [0.15, 0.2) is 28.0 Å². The molecule has 0 bridgehead atoms. The number of sulfone groups is 1. The number of rotatable bonds is 7. The first-order valence-corrected chi connectivity index (χ1v) is 10.8. The summed E-state index contributed by atoms with van der Waals surface area (Å²) in [6.07, 6.45) is 0.897. The minimum absolute atomic E-state index is 0.100. The number of benzene rings is 1. The van der Waals surface area contributed by atoms with E-state index in [0.717, 1.165) is 24.5 Å². The van der Waals surface area contributed by atoms with Gasteiger partial charge < -0.3 is 0 Å². The van der Waals surface area contributed by atoms with E-state index in [4.69, 9.17) is 0 Å². The Morgan fingerprint density at radius 1 is 1.24 bits per heavy atom. The maximum absolute atomic E-state index is 13.6. The molecule has 0 amide bonds. The molecule has 10 heteroatoms. The smallest absolute Gasteiger partial charge is 0.243 e. The summed E-state index contributed by atoms with van der Waals surface area (Å²) < 4.78 is 73.6. The molecular weight excluding hydrogens is 341 g/mol. The summed E-state index contributed by atoms with van der Waals surface area (Å²) in [6.45, 7) is 1.57. The first-order valence-electron chi connectivity index (χ1n) is 5.92. The molecule has 0 aliphatic rings. The highest BCUT2D eigenvalue weighted by molar-refractivity contribution is 7.91. The third-order valence-electron chi connectivity index (χ3n) is 2.56. The van der Waals surface area contributed by atoms with Crippen molar-refractivity contribution in [1.29, 1.82) is 0 Å². The number of hydrogen-bond acceptors (Lipinski definition) is 5. The third-order valence-corrected chi connectivity index (χ3v) is 6.45. The largest absolute Gasteiger partial charge is 0.260 e. The summed E-state index contributed by atoms with van der Waals surface area (Å²) >= 11 is 0. The summed E-state index contributed by atoms with van der Waals surface area (Å²) in [4.78, 5) is -1.03. The van der Waals surface area contributed by atoms with E-state index in [9.17, 15) is 25.4 Å². The second-order valence-corrected chi connectivity index (χ2v) is 9.81. The monoisotopic (exact) mass is 357 g/mol. The average Bonchev–Trinajstić information content (AvgIpc) is 2.37. The highest BCUT2D eigenvalue weighted by Crippen LogP contribution is 2.19. The lowest BCUT2D eigenvalue weighted by molar-refractivity contribution is 0.556. The first-order chi connectivity index (χ1) is 9.58. The lowest BCUT2D eigenvalue weighted by Gasteiger charge is -2.08. The zero-order valence-electron chi connectivity index (χ0n) is 11.5. The molecule has 1 unspecified atom stereocenters. The first kappa shape index (κ1) is 18.2. The molecule has 0 aliphatic heterocycles. The van der Waals surface area contributed by atoms with Gasteiger partial charge in [0.25, 0.3) is 0 Å². The normalized spacial score (nSPS) is 14.0. The van der Waals surface area contributed by atoms with Crippen LogP contribution in [0.5, 0.6) is 0 Å². The van der Waals surface area contributed by atoms with E-state index in [1.165, 1.54) is 0 Å². The molecule has 1 N–H and O–H groups in total. The van der Waals surface area contributed by atoms with Gasteiger partial charge in [-0.05, 0) is 18.2 Å². The minimum Gasteiger partial charge on any atom is -0.260 e. The van der Waals surface area contributed by atoms with Crippen molar-refractivity contribution in [2.45, 2.75) is 16.7 Å². The Morgan fingerprint density at radius 2 is 1.86 bits per heavy atom. The molecule has 0 aromatic heterocycles. The van der Waals surface area contributed by atoms with E-state index in [1.807, 2.05) is 0 Å². The SMILES string of the molecule is CCS(=O)CCNS(=O)(=O)c1cc(S(C)(=O)=O)ccc1F. The highest BCUT2D eigenvalue weighted by Gasteiger charge is 2.21. The summed E-state index contributed by atoms with van der Waals surface area (Å²) in [6, 6.07) is 2.55. The third kappa shape index (κ3) is 5.13. The van der Waals surface area contributed by atoms with Crippen molar-refractivity contribution in [3.05, 3.63) is 24.0 Å². The molecule has 120 valence electrons.